The standard InChI is InChI=1S/C18H21ClN2/c1-21(2)18-9-8-16(11-17(18)19)20-12-13-4-3-5-15(10-13)14-6-7-14/h3-5,8-11,14,20H,6-7,12H2,1-2H3. The second kappa shape index (κ2) is 5.98. The highest BCUT2D eigenvalue weighted by molar-refractivity contribution is 6.33. The van der Waals surface area contributed by atoms with Gasteiger partial charge in [0.05, 0.1) is 10.7 Å². The summed E-state index contributed by atoms with van der Waals surface area (Å²) in [6.07, 6.45) is 2.69. The molecule has 0 atom stereocenters. The highest BCUT2D eigenvalue weighted by Crippen LogP contribution is 2.40. The zero-order valence-electron chi connectivity index (χ0n) is 12.6. The van der Waals surface area contributed by atoms with Crippen molar-refractivity contribution in [2.24, 2.45) is 0 Å². The molecule has 2 aromatic rings. The first-order valence-electron chi connectivity index (χ1n) is 7.43. The van der Waals surface area contributed by atoms with Gasteiger partial charge in [-0.25, -0.2) is 0 Å². The number of hydrogen-bond acceptors (Lipinski definition) is 2. The van der Waals surface area contributed by atoms with Crippen molar-refractivity contribution in [3.63, 3.8) is 0 Å². The number of benzene rings is 2. The molecule has 0 heterocycles. The maximum Gasteiger partial charge on any atom is 0.0659 e. The summed E-state index contributed by atoms with van der Waals surface area (Å²) >= 11 is 6.30. The van der Waals surface area contributed by atoms with Crippen molar-refractivity contribution < 1.29 is 0 Å². The van der Waals surface area contributed by atoms with Gasteiger partial charge in [-0.15, -0.1) is 0 Å². The molecule has 0 aromatic heterocycles. The van der Waals surface area contributed by atoms with Crippen LogP contribution < -0.4 is 10.2 Å². The lowest BCUT2D eigenvalue weighted by molar-refractivity contribution is 1.08. The largest absolute Gasteiger partial charge is 0.381 e. The Morgan fingerprint density at radius 3 is 2.62 bits per heavy atom. The zero-order valence-corrected chi connectivity index (χ0v) is 13.3. The van der Waals surface area contributed by atoms with Crippen LogP contribution in [0.25, 0.3) is 0 Å². The Kier molecular flexibility index (Phi) is 4.07. The van der Waals surface area contributed by atoms with E-state index in [-0.39, 0.29) is 0 Å². The van der Waals surface area contributed by atoms with Crippen LogP contribution in [0.4, 0.5) is 11.4 Å². The van der Waals surface area contributed by atoms with Crippen molar-refractivity contribution in [1.29, 1.82) is 0 Å². The molecule has 0 radical (unpaired) electrons. The molecule has 0 spiro atoms. The third-order valence-corrected chi connectivity index (χ3v) is 4.23. The first-order chi connectivity index (χ1) is 10.1. The fraction of sp³-hybridized carbons (Fsp3) is 0.333. The van der Waals surface area contributed by atoms with Crippen LogP contribution in [0.5, 0.6) is 0 Å². The number of halogens is 1. The molecule has 1 N–H and O–H groups in total. The van der Waals surface area contributed by atoms with E-state index in [1.165, 1.54) is 24.0 Å². The number of nitrogens with one attached hydrogen (secondary N) is 1. The van der Waals surface area contributed by atoms with E-state index in [1.807, 2.05) is 31.1 Å². The molecule has 1 aliphatic carbocycles. The van der Waals surface area contributed by atoms with Gasteiger partial charge in [0, 0.05) is 26.3 Å². The lowest BCUT2D eigenvalue weighted by atomic mass is 10.1. The predicted molar refractivity (Wildman–Crippen MR) is 91.5 cm³/mol. The average Bonchev–Trinajstić information content (AvgIpc) is 3.30. The third-order valence-electron chi connectivity index (χ3n) is 3.93. The second-order valence-corrected chi connectivity index (χ2v) is 6.34. The van der Waals surface area contributed by atoms with Crippen LogP contribution in [0, 0.1) is 0 Å². The molecule has 0 saturated heterocycles. The third kappa shape index (κ3) is 3.51. The molecule has 3 rings (SSSR count). The Balaban J connectivity index is 1.67. The van der Waals surface area contributed by atoms with Gasteiger partial charge in [0.2, 0.25) is 0 Å². The van der Waals surface area contributed by atoms with Gasteiger partial charge in [0.1, 0.15) is 0 Å². The number of anilines is 2. The SMILES string of the molecule is CN(C)c1ccc(NCc2cccc(C3CC3)c2)cc1Cl. The molecular formula is C18H21ClN2. The maximum absolute atomic E-state index is 6.30. The molecule has 1 fully saturated rings. The summed E-state index contributed by atoms with van der Waals surface area (Å²) in [6, 6.07) is 15.0. The minimum Gasteiger partial charge on any atom is -0.381 e. The molecule has 2 aromatic carbocycles. The molecule has 1 aliphatic rings. The topological polar surface area (TPSA) is 15.3 Å². The van der Waals surface area contributed by atoms with Gasteiger partial charge < -0.3 is 10.2 Å². The summed E-state index contributed by atoms with van der Waals surface area (Å²) in [7, 11) is 4.00. The Bertz CT molecular complexity index is 633. The van der Waals surface area contributed by atoms with Gasteiger partial charge >= 0.3 is 0 Å². The summed E-state index contributed by atoms with van der Waals surface area (Å²) in [5.41, 5.74) is 4.91. The van der Waals surface area contributed by atoms with Crippen LogP contribution in [0.3, 0.4) is 0 Å². The van der Waals surface area contributed by atoms with Crippen LogP contribution >= 0.6 is 11.6 Å². The van der Waals surface area contributed by atoms with Crippen molar-refractivity contribution in [1.82, 2.24) is 0 Å². The zero-order chi connectivity index (χ0) is 14.8. The Morgan fingerprint density at radius 1 is 1.14 bits per heavy atom. The van der Waals surface area contributed by atoms with E-state index >= 15 is 0 Å². The van der Waals surface area contributed by atoms with Crippen LogP contribution in [0.1, 0.15) is 29.9 Å². The van der Waals surface area contributed by atoms with Crippen molar-refractivity contribution in [3.8, 4) is 0 Å². The highest BCUT2D eigenvalue weighted by Gasteiger charge is 2.23. The molecule has 3 heteroatoms. The number of nitrogens with zero attached hydrogens (tertiary/aromatic N) is 1. The Morgan fingerprint density at radius 2 is 1.95 bits per heavy atom. The molecular weight excluding hydrogens is 280 g/mol. The van der Waals surface area contributed by atoms with Gasteiger partial charge in [-0.2, -0.15) is 0 Å². The first kappa shape index (κ1) is 14.3. The smallest absolute Gasteiger partial charge is 0.0659 e. The molecule has 21 heavy (non-hydrogen) atoms. The van der Waals surface area contributed by atoms with E-state index in [2.05, 4.69) is 35.6 Å². The Labute approximate surface area is 131 Å². The minimum atomic E-state index is 0.775. The van der Waals surface area contributed by atoms with E-state index < -0.39 is 0 Å². The molecule has 1 saturated carbocycles. The van der Waals surface area contributed by atoms with E-state index in [0.717, 1.165) is 28.9 Å². The van der Waals surface area contributed by atoms with Gasteiger partial charge in [0.15, 0.2) is 0 Å². The van der Waals surface area contributed by atoms with Crippen LogP contribution in [0.15, 0.2) is 42.5 Å². The van der Waals surface area contributed by atoms with Crippen molar-refractivity contribution in [2.75, 3.05) is 24.3 Å². The summed E-state index contributed by atoms with van der Waals surface area (Å²) in [6.45, 7) is 0.832. The summed E-state index contributed by atoms with van der Waals surface area (Å²) in [5.74, 6) is 0.804. The molecule has 0 bridgehead atoms. The van der Waals surface area contributed by atoms with Crippen LogP contribution in [-0.2, 0) is 6.54 Å². The monoisotopic (exact) mass is 300 g/mol. The van der Waals surface area contributed by atoms with Gasteiger partial charge in [-0.1, -0.05) is 35.9 Å². The fourth-order valence-electron chi connectivity index (χ4n) is 2.56. The van der Waals surface area contributed by atoms with Gasteiger partial charge in [-0.05, 0) is 48.1 Å². The minimum absolute atomic E-state index is 0.775. The van der Waals surface area contributed by atoms with Crippen molar-refractivity contribution >= 4 is 23.0 Å². The fourth-order valence-corrected chi connectivity index (χ4v) is 2.91. The van der Waals surface area contributed by atoms with Crippen LogP contribution in [0.2, 0.25) is 5.02 Å². The van der Waals surface area contributed by atoms with E-state index in [1.54, 1.807) is 0 Å². The van der Waals surface area contributed by atoms with Crippen LogP contribution in [-0.4, -0.2) is 14.1 Å². The van der Waals surface area contributed by atoms with Gasteiger partial charge in [-0.3, -0.25) is 0 Å². The summed E-state index contributed by atoms with van der Waals surface area (Å²) in [4.78, 5) is 2.02. The van der Waals surface area contributed by atoms with Crippen molar-refractivity contribution in [2.45, 2.75) is 25.3 Å². The van der Waals surface area contributed by atoms with E-state index in [4.69, 9.17) is 11.6 Å². The number of hydrogen-bond donors (Lipinski definition) is 1. The van der Waals surface area contributed by atoms with E-state index in [0.29, 0.717) is 0 Å². The first-order valence-corrected chi connectivity index (χ1v) is 7.81. The number of rotatable bonds is 5. The second-order valence-electron chi connectivity index (χ2n) is 5.93. The normalized spacial score (nSPS) is 14.0. The van der Waals surface area contributed by atoms with Gasteiger partial charge in [0.25, 0.3) is 0 Å². The van der Waals surface area contributed by atoms with Crippen molar-refractivity contribution in [3.05, 3.63) is 58.6 Å². The lowest BCUT2D eigenvalue weighted by Crippen LogP contribution is -2.09. The summed E-state index contributed by atoms with van der Waals surface area (Å²) in [5, 5.41) is 4.23. The molecule has 2 nitrogen and oxygen atoms in total. The Hall–Kier alpha value is -1.67. The quantitative estimate of drug-likeness (QED) is 0.845. The maximum atomic E-state index is 6.30. The molecule has 110 valence electrons. The highest BCUT2D eigenvalue weighted by atomic mass is 35.5. The molecule has 0 unspecified atom stereocenters. The predicted octanol–water partition coefficient (Wildman–Crippen LogP) is 4.90. The average molecular weight is 301 g/mol. The molecule has 0 amide bonds. The molecule has 0 aliphatic heterocycles. The lowest BCUT2D eigenvalue weighted by Gasteiger charge is -2.16. The summed E-state index contributed by atoms with van der Waals surface area (Å²) < 4.78 is 0. The van der Waals surface area contributed by atoms with E-state index in [9.17, 15) is 0 Å².